The van der Waals surface area contributed by atoms with Gasteiger partial charge in [0.05, 0.1) is 6.42 Å². The van der Waals surface area contributed by atoms with Gasteiger partial charge in [-0.25, -0.2) is 4.79 Å². The van der Waals surface area contributed by atoms with E-state index in [0.717, 1.165) is 16.7 Å². The van der Waals surface area contributed by atoms with Gasteiger partial charge < -0.3 is 9.63 Å². The van der Waals surface area contributed by atoms with Gasteiger partial charge in [0.15, 0.2) is 0 Å². The van der Waals surface area contributed by atoms with E-state index in [4.69, 9.17) is 9.63 Å². The molecule has 0 aliphatic carbocycles. The van der Waals surface area contributed by atoms with Gasteiger partial charge in [-0.2, -0.15) is 4.98 Å². The Morgan fingerprint density at radius 1 is 1.41 bits per heavy atom. The van der Waals surface area contributed by atoms with Gasteiger partial charge in [-0.1, -0.05) is 23.8 Å². The second-order valence-corrected chi connectivity index (χ2v) is 3.92. The largest absolute Gasteiger partial charge is 0.475 e. The molecular weight excluding hydrogens is 220 g/mol. The molecule has 0 aliphatic rings. The average molecular weight is 232 g/mol. The molecule has 0 fully saturated rings. The van der Waals surface area contributed by atoms with Crippen molar-refractivity contribution in [3.8, 4) is 0 Å². The summed E-state index contributed by atoms with van der Waals surface area (Å²) < 4.78 is 4.88. The highest BCUT2D eigenvalue weighted by Gasteiger charge is 2.13. The molecule has 0 atom stereocenters. The van der Waals surface area contributed by atoms with Crippen LogP contribution in [0.2, 0.25) is 0 Å². The van der Waals surface area contributed by atoms with Crippen LogP contribution >= 0.6 is 0 Å². The number of aryl methyl sites for hydroxylation is 2. The first-order valence-electron chi connectivity index (χ1n) is 5.18. The molecule has 1 aromatic carbocycles. The highest BCUT2D eigenvalue weighted by atomic mass is 16.5. The molecule has 0 radical (unpaired) electrons. The standard InChI is InChI=1S/C12H12N2O3/c1-7-3-4-8(2)9(5-7)6-10-13-11(12(15)16)14-17-10/h3-5H,6H2,1-2H3,(H,15,16). The van der Waals surface area contributed by atoms with Crippen LogP contribution in [0, 0.1) is 13.8 Å². The van der Waals surface area contributed by atoms with Crippen molar-refractivity contribution in [2.45, 2.75) is 20.3 Å². The van der Waals surface area contributed by atoms with Gasteiger partial charge in [0.25, 0.3) is 5.82 Å². The smallest absolute Gasteiger partial charge is 0.377 e. The van der Waals surface area contributed by atoms with E-state index in [0.29, 0.717) is 12.3 Å². The van der Waals surface area contributed by atoms with Gasteiger partial charge >= 0.3 is 5.97 Å². The van der Waals surface area contributed by atoms with Crippen molar-refractivity contribution >= 4 is 5.97 Å². The number of carboxylic acids is 1. The number of carbonyl (C=O) groups is 1. The third-order valence-corrected chi connectivity index (χ3v) is 2.51. The molecule has 2 rings (SSSR count). The zero-order valence-electron chi connectivity index (χ0n) is 9.60. The minimum atomic E-state index is -1.18. The van der Waals surface area contributed by atoms with Crippen LogP contribution in [0.3, 0.4) is 0 Å². The van der Waals surface area contributed by atoms with Gasteiger partial charge in [0.2, 0.25) is 5.89 Å². The molecule has 5 nitrogen and oxygen atoms in total. The summed E-state index contributed by atoms with van der Waals surface area (Å²) in [5.41, 5.74) is 3.32. The second kappa shape index (κ2) is 4.37. The molecular formula is C12H12N2O3. The predicted molar refractivity (Wildman–Crippen MR) is 60.0 cm³/mol. The van der Waals surface area contributed by atoms with Gasteiger partial charge in [-0.15, -0.1) is 0 Å². The molecule has 1 heterocycles. The molecule has 0 amide bonds. The van der Waals surface area contributed by atoms with Crippen molar-refractivity contribution in [3.63, 3.8) is 0 Å². The molecule has 2 aromatic rings. The molecule has 0 unspecified atom stereocenters. The highest BCUT2D eigenvalue weighted by molar-refractivity contribution is 5.82. The summed E-state index contributed by atoms with van der Waals surface area (Å²) in [6, 6.07) is 6.06. The van der Waals surface area contributed by atoms with Crippen LogP contribution in [0.1, 0.15) is 33.2 Å². The van der Waals surface area contributed by atoms with Crippen LogP contribution < -0.4 is 0 Å². The summed E-state index contributed by atoms with van der Waals surface area (Å²) >= 11 is 0. The first-order valence-corrected chi connectivity index (χ1v) is 5.18. The Bertz CT molecular complexity index is 561. The van der Waals surface area contributed by atoms with Gasteiger partial charge in [0.1, 0.15) is 0 Å². The quantitative estimate of drug-likeness (QED) is 0.875. The third-order valence-electron chi connectivity index (χ3n) is 2.51. The summed E-state index contributed by atoms with van der Waals surface area (Å²) in [5.74, 6) is -1.16. The normalized spacial score (nSPS) is 10.5. The number of rotatable bonds is 3. The molecule has 5 heteroatoms. The molecule has 1 aromatic heterocycles. The van der Waals surface area contributed by atoms with E-state index in [1.54, 1.807) is 0 Å². The van der Waals surface area contributed by atoms with Crippen molar-refractivity contribution in [2.75, 3.05) is 0 Å². The summed E-state index contributed by atoms with van der Waals surface area (Å²) in [5, 5.41) is 12.1. The van der Waals surface area contributed by atoms with Crippen molar-refractivity contribution in [2.24, 2.45) is 0 Å². The van der Waals surface area contributed by atoms with Crippen molar-refractivity contribution in [1.82, 2.24) is 10.1 Å². The Balaban J connectivity index is 2.25. The van der Waals surface area contributed by atoms with Crippen LogP contribution in [-0.4, -0.2) is 21.2 Å². The Kier molecular flexibility index (Phi) is 2.91. The molecule has 17 heavy (non-hydrogen) atoms. The number of hydrogen-bond donors (Lipinski definition) is 1. The number of carboxylic acid groups (broad SMARTS) is 1. The van der Waals surface area contributed by atoms with E-state index >= 15 is 0 Å². The van der Waals surface area contributed by atoms with E-state index in [1.807, 2.05) is 32.0 Å². The molecule has 0 aliphatic heterocycles. The minimum Gasteiger partial charge on any atom is -0.475 e. The van der Waals surface area contributed by atoms with Crippen LogP contribution in [0.15, 0.2) is 22.7 Å². The van der Waals surface area contributed by atoms with E-state index < -0.39 is 5.97 Å². The lowest BCUT2D eigenvalue weighted by Gasteiger charge is -2.03. The molecule has 0 saturated carbocycles. The predicted octanol–water partition coefficient (Wildman–Crippen LogP) is 1.98. The van der Waals surface area contributed by atoms with Gasteiger partial charge in [0, 0.05) is 0 Å². The van der Waals surface area contributed by atoms with Gasteiger partial charge in [-0.05, 0) is 30.1 Å². The number of aromatic carboxylic acids is 1. The van der Waals surface area contributed by atoms with Crippen LogP contribution in [0.4, 0.5) is 0 Å². The lowest BCUT2D eigenvalue weighted by Crippen LogP contribution is -1.99. The maximum atomic E-state index is 10.6. The molecule has 1 N–H and O–H groups in total. The third kappa shape index (κ3) is 2.50. The van der Waals surface area contributed by atoms with Crippen LogP contribution in [0.5, 0.6) is 0 Å². The van der Waals surface area contributed by atoms with Crippen molar-refractivity contribution < 1.29 is 14.4 Å². The summed E-state index contributed by atoms with van der Waals surface area (Å²) in [6.07, 6.45) is 0.452. The molecule has 0 bridgehead atoms. The monoisotopic (exact) mass is 232 g/mol. The zero-order valence-corrected chi connectivity index (χ0v) is 9.60. The van der Waals surface area contributed by atoms with E-state index in [9.17, 15) is 4.79 Å². The fraction of sp³-hybridized carbons (Fsp3) is 0.250. The van der Waals surface area contributed by atoms with E-state index in [2.05, 4.69) is 10.1 Å². The number of hydrogen-bond acceptors (Lipinski definition) is 4. The number of aromatic nitrogens is 2. The SMILES string of the molecule is Cc1ccc(C)c(Cc2nc(C(=O)O)no2)c1. The fourth-order valence-corrected chi connectivity index (χ4v) is 1.57. The molecule has 88 valence electrons. The Morgan fingerprint density at radius 3 is 2.82 bits per heavy atom. The summed E-state index contributed by atoms with van der Waals surface area (Å²) in [6.45, 7) is 3.99. The van der Waals surface area contributed by atoms with Crippen molar-refractivity contribution in [3.05, 3.63) is 46.6 Å². The minimum absolute atomic E-state index is 0.301. The fourth-order valence-electron chi connectivity index (χ4n) is 1.57. The second-order valence-electron chi connectivity index (χ2n) is 3.92. The molecule has 0 spiro atoms. The van der Waals surface area contributed by atoms with Crippen LogP contribution in [-0.2, 0) is 6.42 Å². The maximum absolute atomic E-state index is 10.6. The van der Waals surface area contributed by atoms with Gasteiger partial charge in [-0.3, -0.25) is 0 Å². The zero-order chi connectivity index (χ0) is 12.4. The maximum Gasteiger partial charge on any atom is 0.377 e. The Morgan fingerprint density at radius 2 is 2.18 bits per heavy atom. The Labute approximate surface area is 98.1 Å². The lowest BCUT2D eigenvalue weighted by atomic mass is 10.0. The first-order chi connectivity index (χ1) is 8.06. The van der Waals surface area contributed by atoms with E-state index in [1.165, 1.54) is 0 Å². The van der Waals surface area contributed by atoms with Crippen LogP contribution in [0.25, 0.3) is 0 Å². The Hall–Kier alpha value is -2.17. The lowest BCUT2D eigenvalue weighted by molar-refractivity contribution is 0.0680. The van der Waals surface area contributed by atoms with E-state index in [-0.39, 0.29) is 5.82 Å². The van der Waals surface area contributed by atoms with Crippen molar-refractivity contribution in [1.29, 1.82) is 0 Å². The number of benzene rings is 1. The first kappa shape index (κ1) is 11.3. The summed E-state index contributed by atoms with van der Waals surface area (Å²) in [4.78, 5) is 14.4. The average Bonchev–Trinajstić information content (AvgIpc) is 2.72. The topological polar surface area (TPSA) is 76.2 Å². The highest BCUT2D eigenvalue weighted by Crippen LogP contribution is 2.14. The summed E-state index contributed by atoms with van der Waals surface area (Å²) in [7, 11) is 0. The molecule has 0 saturated heterocycles. The number of nitrogens with zero attached hydrogens (tertiary/aromatic N) is 2.